The highest BCUT2D eigenvalue weighted by Crippen LogP contribution is 2.33. The summed E-state index contributed by atoms with van der Waals surface area (Å²) in [6, 6.07) is 8.20. The molecule has 2 unspecified atom stereocenters. The zero-order valence-corrected chi connectivity index (χ0v) is 14.4. The van der Waals surface area contributed by atoms with E-state index in [1.54, 1.807) is 11.3 Å². The summed E-state index contributed by atoms with van der Waals surface area (Å²) in [5.74, 6) is 1.61. The lowest BCUT2D eigenvalue weighted by Crippen LogP contribution is -2.37. The van der Waals surface area contributed by atoms with E-state index in [-0.39, 0.29) is 6.04 Å². The highest BCUT2D eigenvalue weighted by atomic mass is 32.1. The third-order valence-electron chi connectivity index (χ3n) is 4.21. The van der Waals surface area contributed by atoms with Crippen molar-refractivity contribution in [1.82, 2.24) is 5.32 Å². The van der Waals surface area contributed by atoms with E-state index in [1.807, 2.05) is 35.9 Å². The van der Waals surface area contributed by atoms with E-state index in [1.165, 1.54) is 0 Å². The second kappa shape index (κ2) is 6.91. The molecular weight excluding hydrogens is 310 g/mol. The fourth-order valence-electron chi connectivity index (χ4n) is 2.77. The number of nitrogens with one attached hydrogen (secondary N) is 1. The van der Waals surface area contributed by atoms with Crippen molar-refractivity contribution < 1.29 is 14.6 Å². The minimum atomic E-state index is -0.874. The lowest BCUT2D eigenvalue weighted by Gasteiger charge is -2.27. The van der Waals surface area contributed by atoms with Crippen LogP contribution in [0.3, 0.4) is 0 Å². The molecule has 0 amide bonds. The summed E-state index contributed by atoms with van der Waals surface area (Å²) in [4.78, 5) is 0. The van der Waals surface area contributed by atoms with Gasteiger partial charge in [-0.05, 0) is 53.4 Å². The summed E-state index contributed by atoms with van der Waals surface area (Å²) in [6.07, 6.45) is 0.930. The van der Waals surface area contributed by atoms with E-state index in [0.29, 0.717) is 19.8 Å². The van der Waals surface area contributed by atoms with Gasteiger partial charge in [-0.3, -0.25) is 0 Å². The molecule has 5 heteroatoms. The predicted octanol–water partition coefficient (Wildman–Crippen LogP) is 3.47. The molecule has 1 aliphatic heterocycles. The van der Waals surface area contributed by atoms with E-state index in [0.717, 1.165) is 29.0 Å². The monoisotopic (exact) mass is 333 g/mol. The van der Waals surface area contributed by atoms with Crippen LogP contribution in [-0.2, 0) is 5.60 Å². The largest absolute Gasteiger partial charge is 0.486 e. The van der Waals surface area contributed by atoms with Crippen molar-refractivity contribution >= 4 is 11.3 Å². The number of ether oxygens (including phenoxy) is 2. The number of aliphatic hydroxyl groups is 1. The van der Waals surface area contributed by atoms with E-state index in [2.05, 4.69) is 18.3 Å². The van der Waals surface area contributed by atoms with Crippen LogP contribution >= 0.6 is 11.3 Å². The summed E-state index contributed by atoms with van der Waals surface area (Å²) in [5, 5.41) is 18.1. The maximum Gasteiger partial charge on any atom is 0.161 e. The molecule has 2 atom stereocenters. The van der Waals surface area contributed by atoms with Gasteiger partial charge in [0, 0.05) is 12.6 Å². The van der Waals surface area contributed by atoms with E-state index < -0.39 is 5.60 Å². The number of fused-ring (bicyclic) bond motifs is 1. The van der Waals surface area contributed by atoms with Crippen LogP contribution in [0.5, 0.6) is 11.5 Å². The van der Waals surface area contributed by atoms with E-state index in [9.17, 15) is 5.11 Å². The van der Waals surface area contributed by atoms with Gasteiger partial charge in [0.05, 0.1) is 0 Å². The lowest BCUT2D eigenvalue weighted by molar-refractivity contribution is 0.0540. The Bertz CT molecular complexity index is 640. The molecule has 0 aliphatic carbocycles. The van der Waals surface area contributed by atoms with Crippen LogP contribution in [0.1, 0.15) is 37.4 Å². The fourth-order valence-corrected chi connectivity index (χ4v) is 3.55. The minimum Gasteiger partial charge on any atom is -0.486 e. The number of hydrogen-bond donors (Lipinski definition) is 2. The zero-order valence-electron chi connectivity index (χ0n) is 13.5. The number of benzene rings is 1. The molecule has 0 bridgehead atoms. The molecule has 124 valence electrons. The highest BCUT2D eigenvalue weighted by Gasteiger charge is 2.25. The van der Waals surface area contributed by atoms with Crippen molar-refractivity contribution in [2.24, 2.45) is 0 Å². The normalized spacial score (nSPS) is 17.5. The molecule has 1 aliphatic rings. The van der Waals surface area contributed by atoms with Crippen molar-refractivity contribution in [3.05, 3.63) is 46.2 Å². The maximum atomic E-state index is 10.7. The SMILES string of the molecule is CCC(NCC(C)(O)c1ccsc1)c1ccc2c(c1)OCCO2. The van der Waals surface area contributed by atoms with Gasteiger partial charge >= 0.3 is 0 Å². The Kier molecular flexibility index (Phi) is 4.90. The van der Waals surface area contributed by atoms with Crippen molar-refractivity contribution in [1.29, 1.82) is 0 Å². The van der Waals surface area contributed by atoms with Gasteiger partial charge in [-0.2, -0.15) is 11.3 Å². The zero-order chi connectivity index (χ0) is 16.3. The summed E-state index contributed by atoms with van der Waals surface area (Å²) in [7, 11) is 0. The van der Waals surface area contributed by atoms with Crippen molar-refractivity contribution in [2.45, 2.75) is 31.9 Å². The quantitative estimate of drug-likeness (QED) is 0.850. The number of rotatable bonds is 6. The first-order valence-electron chi connectivity index (χ1n) is 7.98. The Labute approximate surface area is 141 Å². The molecule has 23 heavy (non-hydrogen) atoms. The van der Waals surface area contributed by atoms with Gasteiger partial charge in [0.2, 0.25) is 0 Å². The average Bonchev–Trinajstić information content (AvgIpc) is 3.10. The van der Waals surface area contributed by atoms with Gasteiger partial charge in [0.1, 0.15) is 18.8 Å². The van der Waals surface area contributed by atoms with Crippen molar-refractivity contribution in [3.8, 4) is 11.5 Å². The first kappa shape index (κ1) is 16.3. The van der Waals surface area contributed by atoms with Gasteiger partial charge in [0.25, 0.3) is 0 Å². The Hall–Kier alpha value is -1.56. The standard InChI is InChI=1S/C18H23NO3S/c1-3-15(19-12-18(2,20)14-6-9-23-11-14)13-4-5-16-17(10-13)22-8-7-21-16/h4-6,9-11,15,19-20H,3,7-8,12H2,1-2H3. The summed E-state index contributed by atoms with van der Waals surface area (Å²) in [5.41, 5.74) is 1.23. The Morgan fingerprint density at radius 2 is 2.04 bits per heavy atom. The molecule has 2 aromatic rings. The molecule has 2 heterocycles. The molecule has 0 fully saturated rings. The summed E-state index contributed by atoms with van der Waals surface area (Å²) < 4.78 is 11.2. The Balaban J connectivity index is 1.70. The van der Waals surface area contributed by atoms with Gasteiger partial charge in [-0.25, -0.2) is 0 Å². The summed E-state index contributed by atoms with van der Waals surface area (Å²) in [6.45, 7) is 5.67. The second-order valence-corrected chi connectivity index (χ2v) is 6.81. The first-order chi connectivity index (χ1) is 11.1. The van der Waals surface area contributed by atoms with Gasteiger partial charge in [-0.1, -0.05) is 13.0 Å². The van der Waals surface area contributed by atoms with Crippen LogP contribution in [0.4, 0.5) is 0 Å². The molecule has 3 rings (SSSR count). The lowest BCUT2D eigenvalue weighted by atomic mass is 9.97. The van der Waals surface area contributed by atoms with Gasteiger partial charge in [-0.15, -0.1) is 0 Å². The first-order valence-corrected chi connectivity index (χ1v) is 8.92. The fraction of sp³-hybridized carbons (Fsp3) is 0.444. The van der Waals surface area contributed by atoms with E-state index >= 15 is 0 Å². The van der Waals surface area contributed by atoms with E-state index in [4.69, 9.17) is 9.47 Å². The third kappa shape index (κ3) is 3.68. The molecule has 1 aromatic heterocycles. The highest BCUT2D eigenvalue weighted by molar-refractivity contribution is 7.08. The maximum absolute atomic E-state index is 10.7. The van der Waals surface area contributed by atoms with Crippen molar-refractivity contribution in [3.63, 3.8) is 0 Å². The third-order valence-corrected chi connectivity index (χ3v) is 4.90. The second-order valence-electron chi connectivity index (χ2n) is 6.03. The van der Waals surface area contributed by atoms with Crippen LogP contribution in [0.15, 0.2) is 35.0 Å². The van der Waals surface area contributed by atoms with Crippen LogP contribution in [0.25, 0.3) is 0 Å². The molecule has 4 nitrogen and oxygen atoms in total. The van der Waals surface area contributed by atoms with Gasteiger partial charge in [0.15, 0.2) is 11.5 Å². The molecule has 2 N–H and O–H groups in total. The molecule has 0 saturated carbocycles. The molecule has 0 spiro atoms. The van der Waals surface area contributed by atoms with Gasteiger partial charge < -0.3 is 19.9 Å². The predicted molar refractivity (Wildman–Crippen MR) is 92.4 cm³/mol. The molecular formula is C18H23NO3S. The van der Waals surface area contributed by atoms with Crippen LogP contribution in [-0.4, -0.2) is 24.9 Å². The average molecular weight is 333 g/mol. The van der Waals surface area contributed by atoms with Crippen molar-refractivity contribution in [2.75, 3.05) is 19.8 Å². The smallest absolute Gasteiger partial charge is 0.161 e. The molecule has 0 saturated heterocycles. The minimum absolute atomic E-state index is 0.163. The van der Waals surface area contributed by atoms with Crippen LogP contribution < -0.4 is 14.8 Å². The summed E-state index contributed by atoms with van der Waals surface area (Å²) >= 11 is 1.60. The Morgan fingerprint density at radius 1 is 1.26 bits per heavy atom. The topological polar surface area (TPSA) is 50.7 Å². The molecule has 0 radical (unpaired) electrons. The number of thiophene rings is 1. The number of hydrogen-bond acceptors (Lipinski definition) is 5. The molecule has 1 aromatic carbocycles. The van der Waals surface area contributed by atoms with Crippen LogP contribution in [0, 0.1) is 0 Å². The Morgan fingerprint density at radius 3 is 2.74 bits per heavy atom. The van der Waals surface area contributed by atoms with Crippen LogP contribution in [0.2, 0.25) is 0 Å².